The van der Waals surface area contributed by atoms with Gasteiger partial charge in [-0.15, -0.1) is 0 Å². The first-order valence-corrected chi connectivity index (χ1v) is 6.21. The molecule has 11 heteroatoms. The van der Waals surface area contributed by atoms with Crippen LogP contribution >= 0.6 is 0 Å². The van der Waals surface area contributed by atoms with Crippen LogP contribution in [-0.4, -0.2) is 7.85 Å². The van der Waals surface area contributed by atoms with Crippen molar-refractivity contribution in [2.75, 3.05) is 0 Å². The lowest BCUT2D eigenvalue weighted by Gasteiger charge is -2.20. The Morgan fingerprint density at radius 3 is 1.48 bits per heavy atom. The van der Waals surface area contributed by atoms with E-state index in [2.05, 4.69) is 4.74 Å². The SMILES string of the molecule is [B]c1cc(F)c(C(F)(F)Oc2cc(F)c(C(F)(F)F)c(F)c2)c(F)c1. The Kier molecular flexibility index (Phi) is 4.71. The maximum absolute atomic E-state index is 13.9. The van der Waals surface area contributed by atoms with Crippen LogP contribution in [-0.2, 0) is 12.3 Å². The Hall–Kier alpha value is -2.33. The molecular weight excluding hydrogens is 366 g/mol. The molecule has 0 aliphatic rings. The summed E-state index contributed by atoms with van der Waals surface area (Å²) in [6, 6.07) is 0.299. The van der Waals surface area contributed by atoms with Crippen molar-refractivity contribution < 1.29 is 44.3 Å². The Labute approximate surface area is 135 Å². The van der Waals surface area contributed by atoms with E-state index in [1.165, 1.54) is 0 Å². The normalized spacial score (nSPS) is 12.4. The van der Waals surface area contributed by atoms with Crippen LogP contribution < -0.4 is 10.2 Å². The highest BCUT2D eigenvalue weighted by Gasteiger charge is 2.42. The fraction of sp³-hybridized carbons (Fsp3) is 0.143. The molecule has 0 aromatic heterocycles. The highest BCUT2D eigenvalue weighted by Crippen LogP contribution is 2.38. The molecule has 0 fully saturated rings. The molecule has 0 N–H and O–H groups in total. The van der Waals surface area contributed by atoms with E-state index in [4.69, 9.17) is 7.85 Å². The predicted octanol–water partition coefficient (Wildman–Crippen LogP) is 4.18. The van der Waals surface area contributed by atoms with Gasteiger partial charge >= 0.3 is 12.3 Å². The first-order valence-electron chi connectivity index (χ1n) is 6.21. The Balaban J connectivity index is 2.46. The quantitative estimate of drug-likeness (QED) is 0.582. The molecule has 2 aromatic rings. The van der Waals surface area contributed by atoms with E-state index in [1.807, 2.05) is 0 Å². The fourth-order valence-electron chi connectivity index (χ4n) is 1.95. The van der Waals surface area contributed by atoms with Gasteiger partial charge in [-0.1, -0.05) is 5.46 Å². The standard InChI is InChI=1S/C14H4BF9O/c15-5-1-7(16)12(8(17)2-5)14(23,24)25-6-3-9(18)11(10(19)4-6)13(20,21)22/h1-4H. The van der Waals surface area contributed by atoms with E-state index in [0.29, 0.717) is 12.1 Å². The van der Waals surface area contributed by atoms with Crippen molar-refractivity contribution in [3.63, 3.8) is 0 Å². The van der Waals surface area contributed by atoms with Gasteiger partial charge in [0, 0.05) is 12.1 Å². The van der Waals surface area contributed by atoms with Gasteiger partial charge in [-0.3, -0.25) is 0 Å². The third kappa shape index (κ3) is 3.85. The average molecular weight is 370 g/mol. The van der Waals surface area contributed by atoms with Crippen molar-refractivity contribution in [1.82, 2.24) is 0 Å². The number of rotatable bonds is 3. The minimum absolute atomic E-state index is 0.188. The maximum atomic E-state index is 13.9. The predicted molar refractivity (Wildman–Crippen MR) is 67.6 cm³/mol. The zero-order chi connectivity index (χ0) is 19.2. The molecule has 25 heavy (non-hydrogen) atoms. The maximum Gasteiger partial charge on any atom is 0.432 e. The summed E-state index contributed by atoms with van der Waals surface area (Å²) in [6.45, 7) is 0. The van der Waals surface area contributed by atoms with Gasteiger partial charge in [-0.25, -0.2) is 17.6 Å². The molecule has 2 aromatic carbocycles. The third-order valence-corrected chi connectivity index (χ3v) is 2.90. The summed E-state index contributed by atoms with van der Waals surface area (Å²) in [5.41, 5.74) is -4.78. The highest BCUT2D eigenvalue weighted by molar-refractivity contribution is 6.32. The lowest BCUT2D eigenvalue weighted by Crippen LogP contribution is -2.27. The number of ether oxygens (including phenoxy) is 1. The molecule has 2 radical (unpaired) electrons. The largest absolute Gasteiger partial charge is 0.432 e. The number of alkyl halides is 5. The van der Waals surface area contributed by atoms with E-state index in [9.17, 15) is 39.5 Å². The molecular formula is C14H4BF9O. The topological polar surface area (TPSA) is 9.23 Å². The molecule has 0 bridgehead atoms. The lowest BCUT2D eigenvalue weighted by atomic mass is 9.94. The van der Waals surface area contributed by atoms with Crippen LogP contribution in [0, 0.1) is 23.3 Å². The molecule has 0 amide bonds. The molecule has 0 heterocycles. The molecule has 0 spiro atoms. The van der Waals surface area contributed by atoms with Crippen LogP contribution in [0.25, 0.3) is 0 Å². The van der Waals surface area contributed by atoms with Crippen LogP contribution in [0.3, 0.4) is 0 Å². The van der Waals surface area contributed by atoms with Crippen molar-refractivity contribution >= 4 is 13.3 Å². The monoisotopic (exact) mass is 370 g/mol. The van der Waals surface area contributed by atoms with Gasteiger partial charge in [-0.2, -0.15) is 22.0 Å². The molecule has 0 unspecified atom stereocenters. The number of benzene rings is 2. The van der Waals surface area contributed by atoms with Crippen LogP contribution in [0.4, 0.5) is 39.5 Å². The summed E-state index contributed by atoms with van der Waals surface area (Å²) < 4.78 is 123. The van der Waals surface area contributed by atoms with Gasteiger partial charge < -0.3 is 4.74 Å². The van der Waals surface area contributed by atoms with Gasteiger partial charge in [0.05, 0.1) is 0 Å². The first-order chi connectivity index (χ1) is 11.3. The second kappa shape index (κ2) is 6.19. The van der Waals surface area contributed by atoms with Gasteiger partial charge in [0.2, 0.25) is 0 Å². The third-order valence-electron chi connectivity index (χ3n) is 2.90. The minimum atomic E-state index is -5.43. The van der Waals surface area contributed by atoms with Crippen LogP contribution in [0.15, 0.2) is 24.3 Å². The van der Waals surface area contributed by atoms with E-state index in [0.717, 1.165) is 0 Å². The molecule has 0 atom stereocenters. The average Bonchev–Trinajstić information content (AvgIpc) is 2.32. The Morgan fingerprint density at radius 2 is 1.08 bits per heavy atom. The van der Waals surface area contributed by atoms with Gasteiger partial charge in [0.25, 0.3) is 0 Å². The van der Waals surface area contributed by atoms with Crippen LogP contribution in [0.1, 0.15) is 11.1 Å². The molecule has 0 saturated carbocycles. The second-order valence-electron chi connectivity index (χ2n) is 4.74. The summed E-state index contributed by atoms with van der Waals surface area (Å²) in [7, 11) is 5.05. The van der Waals surface area contributed by atoms with Crippen molar-refractivity contribution in [2.24, 2.45) is 0 Å². The number of halogens is 9. The van der Waals surface area contributed by atoms with E-state index in [-0.39, 0.29) is 12.1 Å². The van der Waals surface area contributed by atoms with E-state index >= 15 is 0 Å². The molecule has 1 nitrogen and oxygen atoms in total. The van der Waals surface area contributed by atoms with Gasteiger partial charge in [0.15, 0.2) is 0 Å². The molecule has 0 aliphatic heterocycles. The summed E-state index contributed by atoms with van der Waals surface area (Å²) in [6.07, 6.45) is -10.2. The summed E-state index contributed by atoms with van der Waals surface area (Å²) in [5.74, 6) is -9.54. The summed E-state index contributed by atoms with van der Waals surface area (Å²) >= 11 is 0. The van der Waals surface area contributed by atoms with Gasteiger partial charge in [-0.05, 0) is 12.1 Å². The Morgan fingerprint density at radius 1 is 0.680 bits per heavy atom. The van der Waals surface area contributed by atoms with E-state index in [1.54, 1.807) is 0 Å². The fourth-order valence-corrected chi connectivity index (χ4v) is 1.95. The van der Waals surface area contributed by atoms with Crippen molar-refractivity contribution in [2.45, 2.75) is 12.3 Å². The second-order valence-corrected chi connectivity index (χ2v) is 4.74. The zero-order valence-electron chi connectivity index (χ0n) is 11.7. The molecule has 2 rings (SSSR count). The molecule has 132 valence electrons. The minimum Gasteiger partial charge on any atom is -0.429 e. The summed E-state index contributed by atoms with van der Waals surface area (Å²) in [5, 5.41) is 0. The number of hydrogen-bond acceptors (Lipinski definition) is 1. The van der Waals surface area contributed by atoms with Gasteiger partial charge in [0.1, 0.15) is 48.0 Å². The van der Waals surface area contributed by atoms with Crippen LogP contribution in [0.2, 0.25) is 0 Å². The van der Waals surface area contributed by atoms with E-state index < -0.39 is 57.9 Å². The first kappa shape index (κ1) is 19.0. The Bertz CT molecular complexity index is 770. The van der Waals surface area contributed by atoms with Crippen molar-refractivity contribution in [1.29, 1.82) is 0 Å². The molecule has 0 saturated heterocycles. The smallest absolute Gasteiger partial charge is 0.429 e. The molecule has 0 aliphatic carbocycles. The van der Waals surface area contributed by atoms with Crippen molar-refractivity contribution in [3.05, 3.63) is 58.7 Å². The lowest BCUT2D eigenvalue weighted by molar-refractivity contribution is -0.189. The van der Waals surface area contributed by atoms with Crippen molar-refractivity contribution in [3.8, 4) is 5.75 Å². The number of hydrogen-bond donors (Lipinski definition) is 0. The highest BCUT2D eigenvalue weighted by atomic mass is 19.4. The zero-order valence-corrected chi connectivity index (χ0v) is 11.7. The summed E-state index contributed by atoms with van der Waals surface area (Å²) in [4.78, 5) is 0. The van der Waals surface area contributed by atoms with Crippen LogP contribution in [0.5, 0.6) is 5.75 Å².